The molecule has 9 heteroatoms. The average Bonchev–Trinajstić information content (AvgIpc) is 2.89. The maximum absolute atomic E-state index is 12.4. The van der Waals surface area contributed by atoms with Gasteiger partial charge in [0.25, 0.3) is 5.91 Å². The first-order chi connectivity index (χ1) is 10.9. The van der Waals surface area contributed by atoms with Gasteiger partial charge in [-0.15, -0.1) is 10.1 Å². The molecule has 2 heterocycles. The highest BCUT2D eigenvalue weighted by Crippen LogP contribution is 2.27. The maximum Gasteiger partial charge on any atom is 0.349 e. The number of hydrogen-bond donors (Lipinski definition) is 1. The first-order valence-electron chi connectivity index (χ1n) is 6.86. The number of fused-ring (bicyclic) bond motifs is 1. The average molecular weight is 355 g/mol. The van der Waals surface area contributed by atoms with Gasteiger partial charge in [0, 0.05) is 12.1 Å². The van der Waals surface area contributed by atoms with Crippen molar-refractivity contribution in [3.05, 3.63) is 28.2 Å². The number of nitrogens with zero attached hydrogens (tertiary/aromatic N) is 3. The molecule has 3 rings (SSSR count). The Morgan fingerprint density at radius 2 is 2.04 bits per heavy atom. The van der Waals surface area contributed by atoms with Gasteiger partial charge in [0.15, 0.2) is 0 Å². The van der Waals surface area contributed by atoms with Gasteiger partial charge in [0.05, 0.1) is 10.0 Å². The minimum Gasteiger partial charge on any atom is -0.306 e. The van der Waals surface area contributed by atoms with Crippen LogP contribution >= 0.6 is 23.2 Å². The standard InChI is InChI=1S/C14H12Cl2N4O3/c1-7-18-20(13(22)11-4-5-12(21)19(7)11)14(23)17-8-2-3-9(15)10(16)6-8/h2-3,6,11H,4-5H2,1H3,(H,17,23). The molecule has 1 aromatic rings. The summed E-state index contributed by atoms with van der Waals surface area (Å²) in [6.45, 7) is 1.59. The van der Waals surface area contributed by atoms with E-state index in [0.29, 0.717) is 23.0 Å². The number of carbonyl (C=O) groups is 3. The number of amides is 4. The maximum atomic E-state index is 12.4. The quantitative estimate of drug-likeness (QED) is 0.841. The Balaban J connectivity index is 1.82. The molecule has 0 aromatic heterocycles. The summed E-state index contributed by atoms with van der Waals surface area (Å²) in [7, 11) is 0. The smallest absolute Gasteiger partial charge is 0.306 e. The van der Waals surface area contributed by atoms with E-state index in [4.69, 9.17) is 23.2 Å². The van der Waals surface area contributed by atoms with E-state index in [9.17, 15) is 14.4 Å². The number of hydrazone groups is 1. The third kappa shape index (κ3) is 2.77. The minimum atomic E-state index is -0.716. The van der Waals surface area contributed by atoms with Crippen molar-refractivity contribution in [1.82, 2.24) is 9.91 Å². The van der Waals surface area contributed by atoms with Crippen LogP contribution in [0.5, 0.6) is 0 Å². The summed E-state index contributed by atoms with van der Waals surface area (Å²) in [4.78, 5) is 37.8. The Hall–Kier alpha value is -2.12. The van der Waals surface area contributed by atoms with Crippen LogP contribution in [0.25, 0.3) is 0 Å². The molecule has 1 atom stereocenters. The molecule has 0 radical (unpaired) electrons. The summed E-state index contributed by atoms with van der Waals surface area (Å²) in [5.74, 6) is -0.366. The van der Waals surface area contributed by atoms with Crippen molar-refractivity contribution in [3.63, 3.8) is 0 Å². The number of nitrogens with one attached hydrogen (secondary N) is 1. The molecule has 1 saturated heterocycles. The van der Waals surface area contributed by atoms with Gasteiger partial charge in [-0.25, -0.2) is 4.79 Å². The van der Waals surface area contributed by atoms with E-state index in [-0.39, 0.29) is 17.4 Å². The summed E-state index contributed by atoms with van der Waals surface area (Å²) >= 11 is 11.7. The highest BCUT2D eigenvalue weighted by molar-refractivity contribution is 6.42. The Labute approximate surface area is 141 Å². The van der Waals surface area contributed by atoms with Crippen molar-refractivity contribution in [2.75, 3.05) is 5.32 Å². The Morgan fingerprint density at radius 1 is 1.30 bits per heavy atom. The van der Waals surface area contributed by atoms with E-state index in [1.165, 1.54) is 17.0 Å². The van der Waals surface area contributed by atoms with Crippen molar-refractivity contribution in [2.24, 2.45) is 5.10 Å². The van der Waals surface area contributed by atoms with Gasteiger partial charge >= 0.3 is 6.03 Å². The van der Waals surface area contributed by atoms with Gasteiger partial charge in [0.1, 0.15) is 11.9 Å². The predicted molar refractivity (Wildman–Crippen MR) is 85.3 cm³/mol. The highest BCUT2D eigenvalue weighted by atomic mass is 35.5. The van der Waals surface area contributed by atoms with Crippen molar-refractivity contribution >= 4 is 52.6 Å². The molecule has 4 amide bonds. The van der Waals surface area contributed by atoms with Crippen molar-refractivity contribution in [1.29, 1.82) is 0 Å². The van der Waals surface area contributed by atoms with E-state index < -0.39 is 18.0 Å². The molecule has 2 aliphatic heterocycles. The van der Waals surface area contributed by atoms with E-state index in [1.54, 1.807) is 13.0 Å². The number of rotatable bonds is 1. The van der Waals surface area contributed by atoms with Crippen molar-refractivity contribution in [2.45, 2.75) is 25.8 Å². The Bertz CT molecular complexity index is 750. The molecule has 1 N–H and O–H groups in total. The van der Waals surface area contributed by atoms with E-state index in [0.717, 1.165) is 5.01 Å². The van der Waals surface area contributed by atoms with Crippen LogP contribution in [0.3, 0.4) is 0 Å². The van der Waals surface area contributed by atoms with Crippen LogP contribution in [-0.2, 0) is 9.59 Å². The number of halogens is 2. The fourth-order valence-electron chi connectivity index (χ4n) is 2.60. The molecule has 1 unspecified atom stereocenters. The zero-order chi connectivity index (χ0) is 16.7. The van der Waals surface area contributed by atoms with Gasteiger partial charge in [-0.2, -0.15) is 0 Å². The number of imide groups is 1. The molecular formula is C14H12Cl2N4O3. The molecule has 1 aromatic carbocycles. The van der Waals surface area contributed by atoms with Crippen LogP contribution in [0.2, 0.25) is 10.0 Å². The molecule has 1 fully saturated rings. The number of hydrogen-bond acceptors (Lipinski definition) is 4. The Kier molecular flexibility index (Phi) is 3.99. The zero-order valence-corrected chi connectivity index (χ0v) is 13.6. The zero-order valence-electron chi connectivity index (χ0n) is 12.0. The molecule has 0 saturated carbocycles. The molecule has 120 valence electrons. The number of benzene rings is 1. The molecule has 0 spiro atoms. The van der Waals surface area contributed by atoms with Gasteiger partial charge in [-0.1, -0.05) is 23.2 Å². The number of urea groups is 1. The summed E-state index contributed by atoms with van der Waals surface area (Å²) < 4.78 is 0. The second-order valence-corrected chi connectivity index (χ2v) is 5.99. The third-order valence-corrected chi connectivity index (χ3v) is 4.40. The Morgan fingerprint density at radius 3 is 2.74 bits per heavy atom. The monoisotopic (exact) mass is 354 g/mol. The molecule has 0 bridgehead atoms. The molecule has 23 heavy (non-hydrogen) atoms. The second kappa shape index (κ2) is 5.82. The molecule has 0 aliphatic carbocycles. The molecule has 2 aliphatic rings. The number of anilines is 1. The molecule has 7 nitrogen and oxygen atoms in total. The van der Waals surface area contributed by atoms with Crippen LogP contribution in [-0.4, -0.2) is 39.6 Å². The topological polar surface area (TPSA) is 82.1 Å². The van der Waals surface area contributed by atoms with Gasteiger partial charge in [-0.05, 0) is 31.5 Å². The fraction of sp³-hybridized carbons (Fsp3) is 0.286. The van der Waals surface area contributed by atoms with Crippen molar-refractivity contribution < 1.29 is 14.4 Å². The largest absolute Gasteiger partial charge is 0.349 e. The van der Waals surface area contributed by atoms with Gasteiger partial charge in [0.2, 0.25) is 5.91 Å². The highest BCUT2D eigenvalue weighted by Gasteiger charge is 2.45. The van der Waals surface area contributed by atoms with Crippen molar-refractivity contribution in [3.8, 4) is 0 Å². The van der Waals surface area contributed by atoms with Gasteiger partial charge < -0.3 is 5.32 Å². The first-order valence-corrected chi connectivity index (χ1v) is 7.61. The normalized spacial score (nSPS) is 20.5. The lowest BCUT2D eigenvalue weighted by atomic mass is 10.2. The summed E-state index contributed by atoms with van der Waals surface area (Å²) in [6, 6.07) is 3.18. The molecular weight excluding hydrogens is 343 g/mol. The number of carbonyl (C=O) groups excluding carboxylic acids is 3. The summed E-state index contributed by atoms with van der Waals surface area (Å²) in [5.41, 5.74) is 0.384. The van der Waals surface area contributed by atoms with Crippen LogP contribution < -0.4 is 5.32 Å². The van der Waals surface area contributed by atoms with E-state index in [1.807, 2.05) is 0 Å². The SMILES string of the molecule is CC1=NN(C(=O)Nc2ccc(Cl)c(Cl)c2)C(=O)C2CCC(=O)N12. The lowest BCUT2D eigenvalue weighted by Crippen LogP contribution is -2.54. The van der Waals surface area contributed by atoms with Crippen LogP contribution in [0.4, 0.5) is 10.5 Å². The lowest BCUT2D eigenvalue weighted by Gasteiger charge is -2.31. The third-order valence-electron chi connectivity index (χ3n) is 3.66. The summed E-state index contributed by atoms with van der Waals surface area (Å²) in [5, 5.41) is 7.84. The van der Waals surface area contributed by atoms with Gasteiger partial charge in [-0.3, -0.25) is 14.5 Å². The summed E-state index contributed by atoms with van der Waals surface area (Å²) in [6.07, 6.45) is 0.645. The van der Waals surface area contributed by atoms with E-state index >= 15 is 0 Å². The minimum absolute atomic E-state index is 0.158. The van der Waals surface area contributed by atoms with Crippen LogP contribution in [0.15, 0.2) is 23.3 Å². The first kappa shape index (κ1) is 15.8. The fourth-order valence-corrected chi connectivity index (χ4v) is 2.90. The van der Waals surface area contributed by atoms with Crippen LogP contribution in [0.1, 0.15) is 19.8 Å². The predicted octanol–water partition coefficient (Wildman–Crippen LogP) is 2.69. The van der Waals surface area contributed by atoms with E-state index in [2.05, 4.69) is 10.4 Å². The number of amidine groups is 1. The second-order valence-electron chi connectivity index (χ2n) is 5.17. The lowest BCUT2D eigenvalue weighted by molar-refractivity contribution is -0.137. The van der Waals surface area contributed by atoms with Crippen LogP contribution in [0, 0.1) is 0 Å².